The van der Waals surface area contributed by atoms with Crippen molar-refractivity contribution in [1.82, 2.24) is 5.32 Å². The molecular formula is C8H11NO. The second-order valence-electron chi connectivity index (χ2n) is 2.66. The number of terminal acetylenes is 1. The van der Waals surface area contributed by atoms with Crippen molar-refractivity contribution < 1.29 is 4.79 Å². The van der Waals surface area contributed by atoms with Gasteiger partial charge in [-0.3, -0.25) is 4.79 Å². The van der Waals surface area contributed by atoms with Crippen LogP contribution in [0.15, 0.2) is 0 Å². The van der Waals surface area contributed by atoms with E-state index in [4.69, 9.17) is 6.42 Å². The van der Waals surface area contributed by atoms with Gasteiger partial charge in [0.25, 0.3) is 0 Å². The average molecular weight is 137 g/mol. The summed E-state index contributed by atoms with van der Waals surface area (Å²) in [4.78, 5) is 11.0. The maximum Gasteiger partial charge on any atom is 0.225 e. The highest BCUT2D eigenvalue weighted by atomic mass is 16.1. The summed E-state index contributed by atoms with van der Waals surface area (Å²) in [6.45, 7) is 0. The van der Waals surface area contributed by atoms with E-state index in [-0.39, 0.29) is 11.3 Å². The normalized spacial score (nSPS) is 20.8. The summed E-state index contributed by atoms with van der Waals surface area (Å²) in [6.07, 6.45) is 7.90. The van der Waals surface area contributed by atoms with Crippen LogP contribution in [0.5, 0.6) is 0 Å². The number of hydrogen-bond acceptors (Lipinski definition) is 2. The summed E-state index contributed by atoms with van der Waals surface area (Å²) >= 11 is 0. The monoisotopic (exact) mass is 137 g/mol. The topological polar surface area (TPSA) is 29.1 Å². The van der Waals surface area contributed by atoms with Crippen LogP contribution in [-0.2, 0) is 4.79 Å². The number of Topliss-reactive ketones (excluding diaryl/α,β-unsaturated/α-hetero) is 1. The van der Waals surface area contributed by atoms with E-state index in [9.17, 15) is 4.79 Å². The van der Waals surface area contributed by atoms with Crippen LogP contribution in [0.4, 0.5) is 0 Å². The fourth-order valence-corrected chi connectivity index (χ4v) is 1.26. The van der Waals surface area contributed by atoms with Crippen molar-refractivity contribution in [2.24, 2.45) is 0 Å². The largest absolute Gasteiger partial charge is 0.307 e. The van der Waals surface area contributed by atoms with Crippen molar-refractivity contribution in [1.29, 1.82) is 0 Å². The predicted octanol–water partition coefficient (Wildman–Crippen LogP) is 0.331. The Kier molecular flexibility index (Phi) is 1.78. The van der Waals surface area contributed by atoms with Crippen LogP contribution in [0.25, 0.3) is 0 Å². The highest BCUT2D eigenvalue weighted by Crippen LogP contribution is 2.31. The van der Waals surface area contributed by atoms with Gasteiger partial charge in [0.1, 0.15) is 0 Å². The van der Waals surface area contributed by atoms with E-state index in [1.165, 1.54) is 0 Å². The molecule has 0 bridgehead atoms. The van der Waals surface area contributed by atoms with E-state index in [2.05, 4.69) is 11.2 Å². The molecule has 0 amide bonds. The Bertz CT molecular complexity index is 180. The van der Waals surface area contributed by atoms with E-state index in [1.54, 1.807) is 7.05 Å². The standard InChI is InChI=1S/C8H11NO/c1-3-7(10)8(9-2)5-4-6-8/h1,9H,4-6H2,2H3. The minimum absolute atomic E-state index is 0.0961. The SMILES string of the molecule is C#CC(=O)C1(NC)CCC1. The smallest absolute Gasteiger partial charge is 0.225 e. The minimum Gasteiger partial charge on any atom is -0.307 e. The summed E-state index contributed by atoms with van der Waals surface area (Å²) in [7, 11) is 1.79. The Morgan fingerprint density at radius 3 is 2.40 bits per heavy atom. The molecular weight excluding hydrogens is 126 g/mol. The van der Waals surface area contributed by atoms with Gasteiger partial charge in [0.05, 0.1) is 5.54 Å². The first-order valence-electron chi connectivity index (χ1n) is 3.45. The first-order valence-corrected chi connectivity index (χ1v) is 3.45. The van der Waals surface area contributed by atoms with Gasteiger partial charge in [-0.1, -0.05) is 0 Å². The maximum atomic E-state index is 11.0. The number of hydrogen-bond donors (Lipinski definition) is 1. The molecule has 2 heteroatoms. The molecule has 54 valence electrons. The molecule has 0 aliphatic heterocycles. The molecule has 0 atom stereocenters. The molecule has 2 nitrogen and oxygen atoms in total. The van der Waals surface area contributed by atoms with Gasteiger partial charge in [-0.25, -0.2) is 0 Å². The predicted molar refractivity (Wildman–Crippen MR) is 39.5 cm³/mol. The number of likely N-dealkylation sites (N-methyl/N-ethyl adjacent to an activating group) is 1. The first-order chi connectivity index (χ1) is 4.75. The van der Waals surface area contributed by atoms with Crippen molar-refractivity contribution in [2.75, 3.05) is 7.05 Å². The van der Waals surface area contributed by atoms with Gasteiger partial charge in [-0.2, -0.15) is 0 Å². The quantitative estimate of drug-likeness (QED) is 0.439. The third kappa shape index (κ3) is 0.833. The first kappa shape index (κ1) is 7.30. The Balaban J connectivity index is 2.67. The summed E-state index contributed by atoms with van der Waals surface area (Å²) in [5.74, 6) is 2.06. The van der Waals surface area contributed by atoms with Crippen molar-refractivity contribution in [3.8, 4) is 12.3 Å². The molecule has 1 fully saturated rings. The number of carbonyl (C=O) groups is 1. The highest BCUT2D eigenvalue weighted by Gasteiger charge is 2.41. The molecule has 0 spiro atoms. The number of ketones is 1. The molecule has 0 saturated heterocycles. The lowest BCUT2D eigenvalue weighted by Gasteiger charge is -2.38. The van der Waals surface area contributed by atoms with Gasteiger partial charge in [-0.15, -0.1) is 6.42 Å². The highest BCUT2D eigenvalue weighted by molar-refractivity contribution is 6.03. The van der Waals surface area contributed by atoms with Crippen LogP contribution in [0.1, 0.15) is 19.3 Å². The fourth-order valence-electron chi connectivity index (χ4n) is 1.26. The van der Waals surface area contributed by atoms with Crippen LogP contribution in [0.3, 0.4) is 0 Å². The van der Waals surface area contributed by atoms with E-state index in [1.807, 2.05) is 0 Å². The zero-order valence-corrected chi connectivity index (χ0v) is 6.11. The lowest BCUT2D eigenvalue weighted by atomic mass is 9.74. The third-order valence-corrected chi connectivity index (χ3v) is 2.25. The molecule has 1 rings (SSSR count). The molecule has 1 N–H and O–H groups in total. The molecule has 1 aliphatic rings. The Morgan fingerprint density at radius 1 is 1.70 bits per heavy atom. The second kappa shape index (κ2) is 2.43. The van der Waals surface area contributed by atoms with Crippen LogP contribution >= 0.6 is 0 Å². The number of rotatable bonds is 2. The van der Waals surface area contributed by atoms with Crippen molar-refractivity contribution in [3.63, 3.8) is 0 Å². The Morgan fingerprint density at radius 2 is 2.30 bits per heavy atom. The molecule has 0 aromatic heterocycles. The zero-order chi connectivity index (χ0) is 7.61. The molecule has 0 heterocycles. The molecule has 1 aliphatic carbocycles. The molecule has 10 heavy (non-hydrogen) atoms. The lowest BCUT2D eigenvalue weighted by Crippen LogP contribution is -2.55. The van der Waals surface area contributed by atoms with Crippen LogP contribution < -0.4 is 5.32 Å². The average Bonchev–Trinajstić information content (AvgIpc) is 1.86. The van der Waals surface area contributed by atoms with E-state index in [0.29, 0.717) is 0 Å². The summed E-state index contributed by atoms with van der Waals surface area (Å²) in [5, 5.41) is 2.97. The van der Waals surface area contributed by atoms with Crippen molar-refractivity contribution in [2.45, 2.75) is 24.8 Å². The molecule has 0 radical (unpaired) electrons. The van der Waals surface area contributed by atoms with E-state index >= 15 is 0 Å². The van der Waals surface area contributed by atoms with Crippen molar-refractivity contribution in [3.05, 3.63) is 0 Å². The summed E-state index contributed by atoms with van der Waals surface area (Å²) in [5.41, 5.74) is -0.352. The molecule has 0 unspecified atom stereocenters. The molecule has 0 aromatic rings. The van der Waals surface area contributed by atoms with Crippen molar-refractivity contribution >= 4 is 5.78 Å². The Hall–Kier alpha value is -0.810. The minimum atomic E-state index is -0.352. The number of nitrogens with one attached hydrogen (secondary N) is 1. The van der Waals surface area contributed by atoms with E-state index in [0.717, 1.165) is 19.3 Å². The van der Waals surface area contributed by atoms with Gasteiger partial charge >= 0.3 is 0 Å². The van der Waals surface area contributed by atoms with Gasteiger partial charge < -0.3 is 5.32 Å². The Labute approximate surface area is 61.0 Å². The van der Waals surface area contributed by atoms with Crippen LogP contribution in [0.2, 0.25) is 0 Å². The van der Waals surface area contributed by atoms with Gasteiger partial charge in [0.15, 0.2) is 0 Å². The van der Waals surface area contributed by atoms with Gasteiger partial charge in [-0.05, 0) is 32.2 Å². The maximum absolute atomic E-state index is 11.0. The fraction of sp³-hybridized carbons (Fsp3) is 0.625. The van der Waals surface area contributed by atoms with Crippen LogP contribution in [-0.4, -0.2) is 18.4 Å². The lowest BCUT2D eigenvalue weighted by molar-refractivity contribution is -0.122. The molecule has 1 saturated carbocycles. The zero-order valence-electron chi connectivity index (χ0n) is 6.11. The second-order valence-corrected chi connectivity index (χ2v) is 2.66. The number of carbonyl (C=O) groups excluding carboxylic acids is 1. The third-order valence-electron chi connectivity index (χ3n) is 2.25. The summed E-state index contributed by atoms with van der Waals surface area (Å²) in [6, 6.07) is 0. The molecule has 0 aromatic carbocycles. The van der Waals surface area contributed by atoms with Crippen LogP contribution in [0, 0.1) is 12.3 Å². The van der Waals surface area contributed by atoms with Gasteiger partial charge in [0, 0.05) is 0 Å². The van der Waals surface area contributed by atoms with E-state index < -0.39 is 0 Å². The van der Waals surface area contributed by atoms with Gasteiger partial charge in [0.2, 0.25) is 5.78 Å². The summed E-state index contributed by atoms with van der Waals surface area (Å²) < 4.78 is 0.